The molecular formula is C50H28N6. The minimum atomic E-state index is 0.584. The lowest BCUT2D eigenvalue weighted by atomic mass is 10.0. The zero-order valence-corrected chi connectivity index (χ0v) is 29.8. The summed E-state index contributed by atoms with van der Waals surface area (Å²) in [5.41, 5.74) is 13.8. The highest BCUT2D eigenvalue weighted by Gasteiger charge is 2.23. The summed E-state index contributed by atoms with van der Waals surface area (Å²) in [7, 11) is 0. The maximum Gasteiger partial charge on any atom is 0.187 e. The fourth-order valence-electron chi connectivity index (χ4n) is 8.07. The molecule has 0 N–H and O–H groups in total. The van der Waals surface area contributed by atoms with Gasteiger partial charge in [-0.3, -0.25) is 4.98 Å². The Morgan fingerprint density at radius 3 is 1.32 bits per heavy atom. The SMILES string of the molecule is [C-]#[N+]c1ccc(-c2ccc3c4ccccc4n(-c4cncc(-n5c6ccccc6c6ccc(-c7ccc(C#N)cc7)cc65)c4-c4ccc(C#N)cc4)c3c2)cc1. The zero-order valence-electron chi connectivity index (χ0n) is 29.8. The minimum absolute atomic E-state index is 0.584. The second-order valence-corrected chi connectivity index (χ2v) is 13.8. The monoisotopic (exact) mass is 712 g/mol. The molecule has 0 bridgehead atoms. The van der Waals surface area contributed by atoms with Gasteiger partial charge in [0.2, 0.25) is 0 Å². The van der Waals surface area contributed by atoms with Crippen molar-refractivity contribution in [3.63, 3.8) is 0 Å². The number of benzene rings is 7. The van der Waals surface area contributed by atoms with Crippen LogP contribution in [0, 0.1) is 29.2 Å². The van der Waals surface area contributed by atoms with E-state index >= 15 is 0 Å². The third-order valence-corrected chi connectivity index (χ3v) is 10.7. The molecule has 0 atom stereocenters. The van der Waals surface area contributed by atoms with Crippen molar-refractivity contribution in [3.8, 4) is 56.9 Å². The number of rotatable bonds is 5. The molecule has 0 aliphatic heterocycles. The maximum absolute atomic E-state index is 9.78. The summed E-state index contributed by atoms with van der Waals surface area (Å²) in [6.07, 6.45) is 3.88. The van der Waals surface area contributed by atoms with Crippen LogP contribution in [0.3, 0.4) is 0 Å². The Morgan fingerprint density at radius 1 is 0.446 bits per heavy atom. The smallest absolute Gasteiger partial charge is 0.187 e. The first-order chi connectivity index (χ1) is 27.6. The van der Waals surface area contributed by atoms with Crippen LogP contribution in [0.5, 0.6) is 0 Å². The molecule has 3 heterocycles. The third-order valence-electron chi connectivity index (χ3n) is 10.7. The Morgan fingerprint density at radius 2 is 0.857 bits per heavy atom. The van der Waals surface area contributed by atoms with Gasteiger partial charge in [0.25, 0.3) is 0 Å². The minimum Gasteiger partial charge on any atom is -0.307 e. The van der Waals surface area contributed by atoms with Crippen LogP contribution in [0.15, 0.2) is 170 Å². The Hall–Kier alpha value is -8.24. The van der Waals surface area contributed by atoms with Crippen molar-refractivity contribution in [2.75, 3.05) is 0 Å². The molecule has 0 radical (unpaired) electrons. The van der Waals surface area contributed by atoms with Crippen molar-refractivity contribution >= 4 is 49.3 Å². The van der Waals surface area contributed by atoms with Crippen LogP contribution in [-0.4, -0.2) is 14.1 Å². The van der Waals surface area contributed by atoms with Gasteiger partial charge in [0, 0.05) is 27.1 Å². The molecule has 0 fully saturated rings. The quantitative estimate of drug-likeness (QED) is 0.167. The lowest BCUT2D eigenvalue weighted by Crippen LogP contribution is -2.05. The van der Waals surface area contributed by atoms with Crippen LogP contribution < -0.4 is 0 Å². The highest BCUT2D eigenvalue weighted by atomic mass is 15.0. The van der Waals surface area contributed by atoms with Crippen molar-refractivity contribution < 1.29 is 0 Å². The van der Waals surface area contributed by atoms with Gasteiger partial charge in [-0.05, 0) is 76.3 Å². The van der Waals surface area contributed by atoms with E-state index in [1.54, 1.807) is 0 Å². The van der Waals surface area contributed by atoms with Gasteiger partial charge in [0.05, 0.1) is 75.7 Å². The Bertz CT molecular complexity index is 3120. The summed E-state index contributed by atoms with van der Waals surface area (Å²) >= 11 is 0. The van der Waals surface area contributed by atoms with Crippen LogP contribution in [0.25, 0.3) is 93.2 Å². The van der Waals surface area contributed by atoms with Crippen LogP contribution in [0.4, 0.5) is 5.69 Å². The summed E-state index contributed by atoms with van der Waals surface area (Å²) < 4.78 is 4.61. The molecule has 0 saturated heterocycles. The number of nitrogens with zero attached hydrogens (tertiary/aromatic N) is 6. The van der Waals surface area contributed by atoms with Gasteiger partial charge >= 0.3 is 0 Å². The van der Waals surface area contributed by atoms with Gasteiger partial charge in [-0.25, -0.2) is 4.85 Å². The first kappa shape index (κ1) is 32.4. The van der Waals surface area contributed by atoms with Gasteiger partial charge < -0.3 is 9.13 Å². The number of aromatic nitrogens is 3. The second kappa shape index (κ2) is 13.0. The van der Waals surface area contributed by atoms with Crippen LogP contribution >= 0.6 is 0 Å². The van der Waals surface area contributed by atoms with E-state index in [2.05, 4.69) is 111 Å². The van der Waals surface area contributed by atoms with E-state index in [1.165, 1.54) is 0 Å². The number of nitriles is 2. The Kier molecular flexibility index (Phi) is 7.53. The van der Waals surface area contributed by atoms with Gasteiger partial charge in [0.1, 0.15) is 0 Å². The molecule has 0 saturated carbocycles. The maximum atomic E-state index is 9.78. The molecule has 6 heteroatoms. The highest BCUT2D eigenvalue weighted by molar-refractivity contribution is 6.13. The van der Waals surface area contributed by atoms with Crippen molar-refractivity contribution in [2.24, 2.45) is 0 Å². The first-order valence-corrected chi connectivity index (χ1v) is 18.2. The molecule has 10 aromatic rings. The predicted molar refractivity (Wildman–Crippen MR) is 225 cm³/mol. The fraction of sp³-hybridized carbons (Fsp3) is 0. The van der Waals surface area contributed by atoms with Crippen LogP contribution in [0.1, 0.15) is 11.1 Å². The molecule has 10 rings (SSSR count). The predicted octanol–water partition coefficient (Wildman–Crippen LogP) is 12.6. The lowest BCUT2D eigenvalue weighted by Gasteiger charge is -2.20. The number of para-hydroxylation sites is 2. The van der Waals surface area contributed by atoms with Crippen molar-refractivity contribution in [1.29, 1.82) is 10.5 Å². The Balaban J connectivity index is 1.30. The molecule has 0 aliphatic rings. The topological polar surface area (TPSA) is 74.7 Å². The summed E-state index contributed by atoms with van der Waals surface area (Å²) in [6, 6.07) is 57.7. The molecular weight excluding hydrogens is 685 g/mol. The van der Waals surface area contributed by atoms with E-state index < -0.39 is 0 Å². The number of fused-ring (bicyclic) bond motifs is 6. The number of pyridine rings is 1. The van der Waals surface area contributed by atoms with Gasteiger partial charge in [0.15, 0.2) is 5.69 Å². The van der Waals surface area contributed by atoms with E-state index in [-0.39, 0.29) is 0 Å². The zero-order chi connectivity index (χ0) is 37.8. The molecule has 56 heavy (non-hydrogen) atoms. The van der Waals surface area contributed by atoms with Crippen LogP contribution in [-0.2, 0) is 0 Å². The van der Waals surface area contributed by atoms with Gasteiger partial charge in [-0.15, -0.1) is 0 Å². The van der Waals surface area contributed by atoms with E-state index in [1.807, 2.05) is 85.2 Å². The number of hydrogen-bond donors (Lipinski definition) is 0. The average molecular weight is 713 g/mol. The standard InChI is InChI=1S/C50H28N6/c1-53-39-22-18-35(19-23-39)38-21-25-43-41-7-3-5-9-45(41)56(47(43)27-38)49-31-54-30-48(50(49)36-16-12-33(29-52)13-17-36)55-44-8-4-2-6-40(44)42-24-20-37(26-46(42)55)34-14-10-32(28-51)11-15-34/h2-27,30-31H. The molecule has 0 amide bonds. The molecule has 0 aliphatic carbocycles. The van der Waals surface area contributed by atoms with E-state index in [9.17, 15) is 10.5 Å². The summed E-state index contributed by atoms with van der Waals surface area (Å²) in [4.78, 5) is 8.58. The molecule has 6 nitrogen and oxygen atoms in total. The summed E-state index contributed by atoms with van der Waals surface area (Å²) in [5, 5.41) is 23.7. The lowest BCUT2D eigenvalue weighted by molar-refractivity contribution is 1.09. The summed E-state index contributed by atoms with van der Waals surface area (Å²) in [5.74, 6) is 0. The van der Waals surface area contributed by atoms with Crippen molar-refractivity contribution in [3.05, 3.63) is 193 Å². The molecule has 0 spiro atoms. The highest BCUT2D eigenvalue weighted by Crippen LogP contribution is 2.43. The van der Waals surface area contributed by atoms with Gasteiger partial charge in [-0.1, -0.05) is 109 Å². The van der Waals surface area contributed by atoms with Crippen LogP contribution in [0.2, 0.25) is 0 Å². The average Bonchev–Trinajstić information content (AvgIpc) is 3.78. The van der Waals surface area contributed by atoms with Crippen molar-refractivity contribution in [2.45, 2.75) is 0 Å². The Labute approximate surface area is 322 Å². The van der Waals surface area contributed by atoms with Gasteiger partial charge in [-0.2, -0.15) is 10.5 Å². The van der Waals surface area contributed by atoms with E-state index in [0.29, 0.717) is 16.8 Å². The normalized spacial score (nSPS) is 11.2. The van der Waals surface area contributed by atoms with E-state index in [4.69, 9.17) is 11.6 Å². The second-order valence-electron chi connectivity index (χ2n) is 13.8. The number of hydrogen-bond acceptors (Lipinski definition) is 3. The van der Waals surface area contributed by atoms with Crippen molar-refractivity contribution in [1.82, 2.24) is 14.1 Å². The molecule has 7 aromatic carbocycles. The summed E-state index contributed by atoms with van der Waals surface area (Å²) in [6.45, 7) is 7.44. The molecule has 3 aromatic heterocycles. The van der Waals surface area contributed by atoms with E-state index in [0.717, 1.165) is 88.4 Å². The fourth-order valence-corrected chi connectivity index (χ4v) is 8.07. The molecule has 0 unspecified atom stereocenters. The third kappa shape index (κ3) is 5.12. The first-order valence-electron chi connectivity index (χ1n) is 18.2. The molecule has 258 valence electrons. The largest absolute Gasteiger partial charge is 0.307 e.